The Labute approximate surface area is 117 Å². The van der Waals surface area contributed by atoms with Gasteiger partial charge in [0.25, 0.3) is 5.69 Å². The Bertz CT molecular complexity index is 434. The normalized spacial score (nSPS) is 11.6. The Kier molecular flexibility index (Phi) is 7.03. The summed E-state index contributed by atoms with van der Waals surface area (Å²) < 4.78 is 5.03. The second-order valence-corrected chi connectivity index (χ2v) is 4.41. The maximum atomic E-state index is 11.6. The predicted octanol–water partition coefficient (Wildman–Crippen LogP) is 2.30. The average Bonchev–Trinajstić information content (AvgIpc) is 2.28. The highest BCUT2D eigenvalue weighted by atomic mass is 35.5. The lowest BCUT2D eigenvalue weighted by molar-refractivity contribution is -0.384. The van der Waals surface area contributed by atoms with Crippen molar-refractivity contribution in [1.29, 1.82) is 0 Å². The van der Waals surface area contributed by atoms with Crippen LogP contribution >= 0.6 is 12.4 Å². The lowest BCUT2D eigenvalue weighted by atomic mass is 10.1. The van der Waals surface area contributed by atoms with Gasteiger partial charge in [0.2, 0.25) is 0 Å². The Balaban J connectivity index is 0.00000324. The molecule has 0 amide bonds. The third kappa shape index (κ3) is 5.67. The number of non-ortho nitro benzene ring substituents is 1. The topological polar surface area (TPSA) is 95.5 Å². The van der Waals surface area contributed by atoms with Gasteiger partial charge in [0, 0.05) is 12.1 Å². The van der Waals surface area contributed by atoms with Crippen molar-refractivity contribution in [2.75, 3.05) is 0 Å². The molecular weight excluding hydrogens is 272 g/mol. The predicted molar refractivity (Wildman–Crippen MR) is 73.4 cm³/mol. The summed E-state index contributed by atoms with van der Waals surface area (Å²) in [6, 6.07) is 4.61. The molecule has 7 heteroatoms. The van der Waals surface area contributed by atoms with Gasteiger partial charge in [-0.2, -0.15) is 0 Å². The van der Waals surface area contributed by atoms with Crippen LogP contribution in [-0.2, 0) is 4.79 Å². The second-order valence-electron chi connectivity index (χ2n) is 4.41. The van der Waals surface area contributed by atoms with E-state index >= 15 is 0 Å². The standard InChI is InChI=1S/C12H16N2O4.ClH/c1-8(2)7-11(13)12(15)18-10-5-3-9(4-6-10)14(16)17;/h3-6,8,11H,7,13H2,1-2H3;1H. The molecule has 0 heterocycles. The molecular formula is C12H17ClN2O4. The van der Waals surface area contributed by atoms with Gasteiger partial charge in [0.05, 0.1) is 4.92 Å². The molecule has 0 aliphatic heterocycles. The van der Waals surface area contributed by atoms with Crippen LogP contribution in [0.15, 0.2) is 24.3 Å². The largest absolute Gasteiger partial charge is 0.425 e. The Morgan fingerprint density at radius 3 is 2.32 bits per heavy atom. The van der Waals surface area contributed by atoms with Crippen LogP contribution in [0.3, 0.4) is 0 Å². The van der Waals surface area contributed by atoms with E-state index in [0.29, 0.717) is 12.3 Å². The van der Waals surface area contributed by atoms with Crippen molar-refractivity contribution in [2.45, 2.75) is 26.3 Å². The number of hydrogen-bond acceptors (Lipinski definition) is 5. The first-order chi connectivity index (χ1) is 8.40. The number of ether oxygens (including phenoxy) is 1. The molecule has 0 aliphatic rings. The number of nitrogens with two attached hydrogens (primary N) is 1. The molecule has 1 atom stereocenters. The van der Waals surface area contributed by atoms with Gasteiger partial charge < -0.3 is 10.5 Å². The fourth-order valence-corrected chi connectivity index (χ4v) is 1.43. The molecule has 0 aromatic heterocycles. The van der Waals surface area contributed by atoms with Crippen molar-refractivity contribution in [2.24, 2.45) is 11.7 Å². The van der Waals surface area contributed by atoms with E-state index in [-0.39, 0.29) is 23.8 Å². The number of esters is 1. The lowest BCUT2D eigenvalue weighted by Crippen LogP contribution is -2.35. The minimum absolute atomic E-state index is 0. The Morgan fingerprint density at radius 2 is 1.89 bits per heavy atom. The average molecular weight is 289 g/mol. The molecule has 0 aliphatic carbocycles. The number of nitro groups is 1. The van der Waals surface area contributed by atoms with Gasteiger partial charge >= 0.3 is 5.97 Å². The first kappa shape index (κ1) is 17.3. The van der Waals surface area contributed by atoms with E-state index < -0.39 is 16.9 Å². The number of hydrogen-bond donors (Lipinski definition) is 1. The van der Waals surface area contributed by atoms with E-state index in [0.717, 1.165) is 0 Å². The summed E-state index contributed by atoms with van der Waals surface area (Å²) >= 11 is 0. The molecule has 0 spiro atoms. The van der Waals surface area contributed by atoms with Crippen LogP contribution in [-0.4, -0.2) is 16.9 Å². The van der Waals surface area contributed by atoms with Crippen LogP contribution in [0.5, 0.6) is 5.75 Å². The van der Waals surface area contributed by atoms with Gasteiger partial charge in [-0.15, -0.1) is 12.4 Å². The van der Waals surface area contributed by atoms with Crippen molar-refractivity contribution < 1.29 is 14.5 Å². The van der Waals surface area contributed by atoms with Gasteiger partial charge in [-0.25, -0.2) is 4.79 Å². The number of nitro benzene ring substituents is 1. The maximum Gasteiger partial charge on any atom is 0.328 e. The van der Waals surface area contributed by atoms with E-state index in [1.165, 1.54) is 24.3 Å². The minimum atomic E-state index is -0.680. The third-order valence-corrected chi connectivity index (χ3v) is 2.29. The minimum Gasteiger partial charge on any atom is -0.425 e. The second kappa shape index (κ2) is 7.70. The van der Waals surface area contributed by atoms with Crippen LogP contribution < -0.4 is 10.5 Å². The summed E-state index contributed by atoms with van der Waals surface area (Å²) in [5, 5.41) is 10.4. The maximum absolute atomic E-state index is 11.6. The zero-order valence-corrected chi connectivity index (χ0v) is 11.6. The molecule has 1 rings (SSSR count). The van der Waals surface area contributed by atoms with Crippen LogP contribution in [0.1, 0.15) is 20.3 Å². The lowest BCUT2D eigenvalue weighted by Gasteiger charge is -2.12. The van der Waals surface area contributed by atoms with Crippen LogP contribution in [0.2, 0.25) is 0 Å². The smallest absolute Gasteiger partial charge is 0.328 e. The van der Waals surface area contributed by atoms with Crippen molar-refractivity contribution in [3.8, 4) is 5.75 Å². The molecule has 0 saturated carbocycles. The molecule has 0 radical (unpaired) electrons. The van der Waals surface area contributed by atoms with Gasteiger partial charge in [-0.3, -0.25) is 10.1 Å². The van der Waals surface area contributed by atoms with E-state index in [1.807, 2.05) is 13.8 Å². The number of carbonyl (C=O) groups excluding carboxylic acids is 1. The number of benzene rings is 1. The van der Waals surface area contributed by atoms with Crippen LogP contribution in [0, 0.1) is 16.0 Å². The van der Waals surface area contributed by atoms with Crippen molar-refractivity contribution in [3.05, 3.63) is 34.4 Å². The molecule has 0 bridgehead atoms. The highest BCUT2D eigenvalue weighted by Crippen LogP contribution is 2.18. The molecule has 106 valence electrons. The van der Waals surface area contributed by atoms with E-state index in [1.54, 1.807) is 0 Å². The van der Waals surface area contributed by atoms with Gasteiger partial charge in [0.1, 0.15) is 11.8 Å². The highest BCUT2D eigenvalue weighted by Gasteiger charge is 2.17. The summed E-state index contributed by atoms with van der Waals surface area (Å²) in [5.74, 6) is 0.0202. The van der Waals surface area contributed by atoms with E-state index in [2.05, 4.69) is 0 Å². The van der Waals surface area contributed by atoms with Crippen LogP contribution in [0.25, 0.3) is 0 Å². The fourth-order valence-electron chi connectivity index (χ4n) is 1.43. The quantitative estimate of drug-likeness (QED) is 0.388. The van der Waals surface area contributed by atoms with Crippen molar-refractivity contribution in [3.63, 3.8) is 0 Å². The fraction of sp³-hybridized carbons (Fsp3) is 0.417. The zero-order valence-electron chi connectivity index (χ0n) is 10.7. The number of halogens is 1. The van der Waals surface area contributed by atoms with Crippen molar-refractivity contribution in [1.82, 2.24) is 0 Å². The molecule has 1 aromatic rings. The Morgan fingerprint density at radius 1 is 1.37 bits per heavy atom. The molecule has 1 aromatic carbocycles. The molecule has 0 fully saturated rings. The van der Waals surface area contributed by atoms with Crippen LogP contribution in [0.4, 0.5) is 5.69 Å². The Hall–Kier alpha value is -1.66. The monoisotopic (exact) mass is 288 g/mol. The third-order valence-electron chi connectivity index (χ3n) is 2.29. The molecule has 6 nitrogen and oxygen atoms in total. The number of carbonyl (C=O) groups is 1. The summed E-state index contributed by atoms with van der Waals surface area (Å²) in [4.78, 5) is 21.5. The molecule has 0 saturated heterocycles. The summed E-state index contributed by atoms with van der Waals surface area (Å²) in [7, 11) is 0. The summed E-state index contributed by atoms with van der Waals surface area (Å²) in [6.07, 6.45) is 0.534. The zero-order chi connectivity index (χ0) is 13.7. The summed E-state index contributed by atoms with van der Waals surface area (Å²) in [6.45, 7) is 3.91. The van der Waals surface area contributed by atoms with Gasteiger partial charge in [-0.1, -0.05) is 13.8 Å². The van der Waals surface area contributed by atoms with Gasteiger partial charge in [-0.05, 0) is 24.5 Å². The number of nitrogens with zero attached hydrogens (tertiary/aromatic N) is 1. The first-order valence-corrected chi connectivity index (χ1v) is 5.62. The van der Waals surface area contributed by atoms with Gasteiger partial charge in [0.15, 0.2) is 0 Å². The van der Waals surface area contributed by atoms with E-state index in [9.17, 15) is 14.9 Å². The SMILES string of the molecule is CC(C)CC(N)C(=O)Oc1ccc([N+](=O)[O-])cc1.Cl. The van der Waals surface area contributed by atoms with Crippen molar-refractivity contribution >= 4 is 24.1 Å². The molecule has 1 unspecified atom stereocenters. The highest BCUT2D eigenvalue weighted by molar-refractivity contribution is 5.85. The first-order valence-electron chi connectivity index (χ1n) is 5.62. The number of rotatable bonds is 5. The molecule has 2 N–H and O–H groups in total. The summed E-state index contributed by atoms with van der Waals surface area (Å²) in [5.41, 5.74) is 5.61. The van der Waals surface area contributed by atoms with E-state index in [4.69, 9.17) is 10.5 Å². The molecule has 19 heavy (non-hydrogen) atoms.